The van der Waals surface area contributed by atoms with Gasteiger partial charge in [-0.15, -0.1) is 0 Å². The van der Waals surface area contributed by atoms with Gasteiger partial charge in [0.25, 0.3) is 0 Å². The molecule has 3 atom stereocenters. The number of rotatable bonds is 10. The number of fused-ring (bicyclic) bond motifs is 3. The Hall–Kier alpha value is -2.38. The third kappa shape index (κ3) is 5.56. The third-order valence-electron chi connectivity index (χ3n) is 9.24. The largest absolute Gasteiger partial charge is 0.508 e. The molecule has 0 bridgehead atoms. The molecule has 0 saturated heterocycles. The Kier molecular flexibility index (Phi) is 8.17. The van der Waals surface area contributed by atoms with Gasteiger partial charge in [-0.1, -0.05) is 43.6 Å². The molecule has 2 fully saturated rings. The maximum absolute atomic E-state index is 11.4. The van der Waals surface area contributed by atoms with Crippen LogP contribution in [0.3, 0.4) is 0 Å². The van der Waals surface area contributed by atoms with Gasteiger partial charge in [0.15, 0.2) is 0 Å². The molecule has 35 heavy (non-hydrogen) atoms. The van der Waals surface area contributed by atoms with Crippen molar-refractivity contribution in [1.82, 2.24) is 0 Å². The number of aromatic hydroxyl groups is 1. The average Bonchev–Trinajstić information content (AvgIpc) is 3.31. The molecule has 0 radical (unpaired) electrons. The normalized spacial score (nSPS) is 26.0. The zero-order chi connectivity index (χ0) is 24.9. The molecule has 1 N–H and O–H groups in total. The molecule has 0 unspecified atom stereocenters. The smallest absolute Gasteiger partial charge is 0.127 e. The van der Waals surface area contributed by atoms with E-state index in [4.69, 9.17) is 15.5 Å². The van der Waals surface area contributed by atoms with E-state index >= 15 is 0 Å². The molecule has 0 spiro atoms. The van der Waals surface area contributed by atoms with Crippen molar-refractivity contribution in [3.8, 4) is 17.6 Å². The first kappa shape index (κ1) is 25.7. The molecule has 2 aliphatic carbocycles. The first-order valence-corrected chi connectivity index (χ1v) is 13.8. The summed E-state index contributed by atoms with van der Waals surface area (Å²) in [5.74, 6) is 2.23. The highest BCUT2D eigenvalue weighted by Gasteiger charge is 2.48. The molecule has 1 aliphatic heterocycles. The van der Waals surface area contributed by atoms with Crippen molar-refractivity contribution in [1.29, 1.82) is 5.26 Å². The quantitative estimate of drug-likeness (QED) is 0.158. The van der Waals surface area contributed by atoms with Gasteiger partial charge in [0.1, 0.15) is 17.1 Å². The van der Waals surface area contributed by atoms with Crippen molar-refractivity contribution in [3.05, 3.63) is 33.7 Å². The number of azide groups is 1. The molecule has 190 valence electrons. The lowest BCUT2D eigenvalue weighted by atomic mass is 9.63. The van der Waals surface area contributed by atoms with Crippen LogP contribution in [0.15, 0.2) is 17.2 Å². The van der Waals surface area contributed by atoms with E-state index in [1.807, 2.05) is 0 Å². The number of hydrogen-bond acceptors (Lipinski definition) is 4. The maximum atomic E-state index is 11.4. The van der Waals surface area contributed by atoms with Crippen molar-refractivity contribution in [2.24, 2.45) is 17.0 Å². The van der Waals surface area contributed by atoms with Crippen LogP contribution in [0.1, 0.15) is 121 Å². The molecule has 1 aromatic rings. The number of benzene rings is 1. The van der Waals surface area contributed by atoms with Crippen molar-refractivity contribution in [3.63, 3.8) is 0 Å². The van der Waals surface area contributed by atoms with E-state index in [0.717, 1.165) is 49.8 Å². The topological polar surface area (TPSA) is 102 Å². The Morgan fingerprint density at radius 2 is 1.89 bits per heavy atom. The van der Waals surface area contributed by atoms with Gasteiger partial charge >= 0.3 is 0 Å². The maximum Gasteiger partial charge on any atom is 0.127 e. The highest BCUT2D eigenvalue weighted by molar-refractivity contribution is 5.53. The lowest BCUT2D eigenvalue weighted by Gasteiger charge is -2.49. The van der Waals surface area contributed by atoms with E-state index in [1.54, 1.807) is 0 Å². The summed E-state index contributed by atoms with van der Waals surface area (Å²) in [4.78, 5) is 2.97. The number of unbranched alkanes of at least 4 members (excludes halogenated alkanes) is 5. The molecule has 1 aromatic carbocycles. The molecule has 0 aromatic heterocycles. The van der Waals surface area contributed by atoms with Crippen molar-refractivity contribution in [2.45, 2.75) is 121 Å². The minimum atomic E-state index is -0.279. The third-order valence-corrected chi connectivity index (χ3v) is 9.24. The second-order valence-corrected chi connectivity index (χ2v) is 11.8. The summed E-state index contributed by atoms with van der Waals surface area (Å²) in [5, 5.41) is 24.0. The lowest BCUT2D eigenvalue weighted by Crippen LogP contribution is -2.47. The lowest BCUT2D eigenvalue weighted by molar-refractivity contribution is -0.0154. The minimum Gasteiger partial charge on any atom is -0.508 e. The van der Waals surface area contributed by atoms with Crippen LogP contribution in [-0.2, 0) is 5.41 Å². The molecule has 1 heterocycles. The summed E-state index contributed by atoms with van der Waals surface area (Å²) in [7, 11) is 0. The van der Waals surface area contributed by atoms with Gasteiger partial charge < -0.3 is 9.84 Å². The summed E-state index contributed by atoms with van der Waals surface area (Å²) in [6.45, 7) is 4.93. The fourth-order valence-corrected chi connectivity index (χ4v) is 7.39. The summed E-state index contributed by atoms with van der Waals surface area (Å²) in [6, 6.07) is 6.57. The second kappa shape index (κ2) is 11.1. The van der Waals surface area contributed by atoms with Crippen molar-refractivity contribution >= 4 is 0 Å². The Morgan fingerprint density at radius 3 is 2.63 bits per heavy atom. The minimum absolute atomic E-state index is 0.139. The summed E-state index contributed by atoms with van der Waals surface area (Å²) >= 11 is 0. The standard InChI is InChI=1S/C29H42N4O2/c1-28(2)24-12-11-21(20-32-33-31)17-23(24)27-25(34)18-22(19-26(27)35-28)29(14-8-9-15-29)13-7-5-3-4-6-10-16-30/h18-19,21,23-24,34H,3-15,17,20H2,1-2H3/t21-,23-,24-/m1/s1. The first-order valence-electron chi connectivity index (χ1n) is 13.8. The fraction of sp³-hybridized carbons (Fsp3) is 0.759. The Bertz CT molecular complexity index is 970. The predicted molar refractivity (Wildman–Crippen MR) is 138 cm³/mol. The number of hydrogen-bond donors (Lipinski definition) is 1. The van der Waals surface area contributed by atoms with E-state index in [1.165, 1.54) is 50.5 Å². The van der Waals surface area contributed by atoms with Gasteiger partial charge in [-0.05, 0) is 99.3 Å². The van der Waals surface area contributed by atoms with Crippen LogP contribution in [0, 0.1) is 23.2 Å². The summed E-state index contributed by atoms with van der Waals surface area (Å²) < 4.78 is 6.64. The van der Waals surface area contributed by atoms with Crippen LogP contribution in [-0.4, -0.2) is 17.3 Å². The summed E-state index contributed by atoms with van der Waals surface area (Å²) in [6.07, 6.45) is 15.5. The molecule has 3 aliphatic rings. The number of ether oxygens (including phenoxy) is 1. The SMILES string of the molecule is CC1(C)Oc2cc(C3(CCCCCCCC#N)CCCC3)cc(O)c2[C@@H]2C[C@H](CN=[N+]=[N-])CC[C@H]21. The van der Waals surface area contributed by atoms with Crippen LogP contribution < -0.4 is 4.74 Å². The number of nitriles is 1. The zero-order valence-electron chi connectivity index (χ0n) is 21.6. The van der Waals surface area contributed by atoms with E-state index in [2.05, 4.69) is 42.1 Å². The molecular formula is C29H42N4O2. The first-order chi connectivity index (χ1) is 16.9. The molecular weight excluding hydrogens is 436 g/mol. The van der Waals surface area contributed by atoms with Crippen LogP contribution >= 0.6 is 0 Å². The second-order valence-electron chi connectivity index (χ2n) is 11.8. The summed E-state index contributed by atoms with van der Waals surface area (Å²) in [5.41, 5.74) is 10.9. The van der Waals surface area contributed by atoms with E-state index in [-0.39, 0.29) is 16.9 Å². The average molecular weight is 479 g/mol. The van der Waals surface area contributed by atoms with Crippen LogP contribution in [0.25, 0.3) is 10.4 Å². The van der Waals surface area contributed by atoms with E-state index in [9.17, 15) is 5.11 Å². The highest BCUT2D eigenvalue weighted by Crippen LogP contribution is 2.57. The molecule has 4 rings (SSSR count). The van der Waals surface area contributed by atoms with Gasteiger partial charge in [0.2, 0.25) is 0 Å². The van der Waals surface area contributed by atoms with E-state index in [0.29, 0.717) is 30.6 Å². The van der Waals surface area contributed by atoms with Crippen molar-refractivity contribution < 1.29 is 9.84 Å². The van der Waals surface area contributed by atoms with Gasteiger partial charge in [-0.3, -0.25) is 0 Å². The van der Waals surface area contributed by atoms with Crippen LogP contribution in [0.2, 0.25) is 0 Å². The number of phenols is 1. The van der Waals surface area contributed by atoms with Gasteiger partial charge in [-0.2, -0.15) is 5.26 Å². The highest BCUT2D eigenvalue weighted by atomic mass is 16.5. The Balaban J connectivity index is 1.55. The molecule has 2 saturated carbocycles. The molecule has 0 amide bonds. The fourth-order valence-electron chi connectivity index (χ4n) is 7.39. The Labute approximate surface area is 210 Å². The number of phenolic OH excluding ortho intramolecular Hbond substituents is 1. The Morgan fingerprint density at radius 1 is 1.14 bits per heavy atom. The van der Waals surface area contributed by atoms with Gasteiger partial charge in [0.05, 0.1) is 6.07 Å². The molecule has 6 nitrogen and oxygen atoms in total. The molecule has 6 heteroatoms. The predicted octanol–water partition coefficient (Wildman–Crippen LogP) is 8.44. The number of nitrogens with zero attached hydrogens (tertiary/aromatic N) is 4. The zero-order valence-corrected chi connectivity index (χ0v) is 21.6. The van der Waals surface area contributed by atoms with Crippen molar-refractivity contribution in [2.75, 3.05) is 6.54 Å². The van der Waals surface area contributed by atoms with Crippen LogP contribution in [0.5, 0.6) is 11.5 Å². The van der Waals surface area contributed by atoms with Gasteiger partial charge in [-0.25, -0.2) is 0 Å². The monoisotopic (exact) mass is 478 g/mol. The van der Waals surface area contributed by atoms with Gasteiger partial charge in [0, 0.05) is 29.4 Å². The van der Waals surface area contributed by atoms with E-state index < -0.39 is 0 Å². The van der Waals surface area contributed by atoms with Crippen LogP contribution in [0.4, 0.5) is 0 Å².